The third-order valence-electron chi connectivity index (χ3n) is 4.17. The van der Waals surface area contributed by atoms with E-state index in [9.17, 15) is 10.1 Å². The largest absolute Gasteiger partial charge is 0.355 e. The van der Waals surface area contributed by atoms with E-state index in [4.69, 9.17) is 5.73 Å². The first-order chi connectivity index (χ1) is 9.47. The number of pyridine rings is 1. The fraction of sp³-hybridized carbons (Fsp3) is 0.615. The van der Waals surface area contributed by atoms with Crippen molar-refractivity contribution in [3.63, 3.8) is 0 Å². The Balaban J connectivity index is 2.33. The van der Waals surface area contributed by atoms with Gasteiger partial charge in [0.1, 0.15) is 12.0 Å². The van der Waals surface area contributed by atoms with Crippen molar-refractivity contribution in [3.05, 3.63) is 26.3 Å². The first-order valence-electron chi connectivity index (χ1n) is 6.69. The number of hydrogen-bond donors (Lipinski definition) is 1. The second-order valence-electron chi connectivity index (χ2n) is 5.27. The summed E-state index contributed by atoms with van der Waals surface area (Å²) >= 11 is 3.45. The van der Waals surface area contributed by atoms with Gasteiger partial charge in [0, 0.05) is 18.7 Å². The molecular weight excluding hydrogens is 324 g/mol. The molecule has 2 atom stereocenters. The lowest BCUT2D eigenvalue weighted by atomic mass is 10.0. The molecule has 1 saturated carbocycles. The van der Waals surface area contributed by atoms with Crippen molar-refractivity contribution in [3.8, 4) is 0 Å². The number of rotatable bonds is 4. The molecular formula is C13H19BrN4O2. The van der Waals surface area contributed by atoms with E-state index in [1.165, 1.54) is 12.6 Å². The number of aromatic nitrogens is 1. The van der Waals surface area contributed by atoms with Crippen LogP contribution in [-0.4, -0.2) is 29.5 Å². The Morgan fingerprint density at radius 1 is 1.60 bits per heavy atom. The molecule has 1 aliphatic rings. The van der Waals surface area contributed by atoms with E-state index in [0.717, 1.165) is 18.7 Å². The molecule has 0 saturated heterocycles. The van der Waals surface area contributed by atoms with Crippen molar-refractivity contribution in [1.29, 1.82) is 0 Å². The van der Waals surface area contributed by atoms with Gasteiger partial charge in [-0.2, -0.15) is 0 Å². The first kappa shape index (κ1) is 15.2. The molecule has 0 bridgehead atoms. The molecule has 1 aromatic rings. The normalized spacial score (nSPS) is 22.0. The van der Waals surface area contributed by atoms with Gasteiger partial charge in [0.05, 0.1) is 9.40 Å². The average molecular weight is 343 g/mol. The quantitative estimate of drug-likeness (QED) is 0.671. The number of nitrogens with two attached hydrogens (primary N) is 1. The number of nitrogens with zero attached hydrogens (tertiary/aromatic N) is 3. The zero-order chi connectivity index (χ0) is 14.9. The van der Waals surface area contributed by atoms with Gasteiger partial charge in [-0.15, -0.1) is 0 Å². The predicted molar refractivity (Wildman–Crippen MR) is 81.9 cm³/mol. The molecule has 110 valence electrons. The highest BCUT2D eigenvalue weighted by atomic mass is 79.9. The lowest BCUT2D eigenvalue weighted by molar-refractivity contribution is -0.385. The molecule has 0 amide bonds. The monoisotopic (exact) mass is 342 g/mol. The molecule has 1 fully saturated rings. The number of halogens is 1. The van der Waals surface area contributed by atoms with Crippen LogP contribution in [0.2, 0.25) is 0 Å². The predicted octanol–water partition coefficient (Wildman–Crippen LogP) is 2.62. The zero-order valence-electron chi connectivity index (χ0n) is 11.7. The second-order valence-corrected chi connectivity index (χ2v) is 6.06. The molecule has 1 heterocycles. The summed E-state index contributed by atoms with van der Waals surface area (Å²) in [6.07, 6.45) is 4.72. The first-order valence-corrected chi connectivity index (χ1v) is 7.49. The van der Waals surface area contributed by atoms with E-state index in [-0.39, 0.29) is 5.69 Å². The summed E-state index contributed by atoms with van der Waals surface area (Å²) < 4.78 is 0.692. The minimum Gasteiger partial charge on any atom is -0.355 e. The van der Waals surface area contributed by atoms with Crippen LogP contribution in [0.1, 0.15) is 24.8 Å². The number of nitro groups is 1. The molecule has 7 heteroatoms. The molecule has 2 rings (SSSR count). The molecule has 1 aliphatic carbocycles. The minimum atomic E-state index is -0.408. The van der Waals surface area contributed by atoms with Crippen molar-refractivity contribution >= 4 is 27.4 Å². The summed E-state index contributed by atoms with van der Waals surface area (Å²) in [5.41, 5.74) is 6.47. The maximum atomic E-state index is 10.9. The molecule has 2 N–H and O–H groups in total. The van der Waals surface area contributed by atoms with Crippen LogP contribution in [0.5, 0.6) is 0 Å². The molecule has 6 nitrogen and oxygen atoms in total. The van der Waals surface area contributed by atoms with Crippen LogP contribution < -0.4 is 10.6 Å². The van der Waals surface area contributed by atoms with E-state index in [1.807, 2.05) is 7.05 Å². The van der Waals surface area contributed by atoms with Gasteiger partial charge in [-0.1, -0.05) is 6.42 Å². The topological polar surface area (TPSA) is 85.3 Å². The molecule has 0 spiro atoms. The van der Waals surface area contributed by atoms with Crippen molar-refractivity contribution < 1.29 is 4.92 Å². The van der Waals surface area contributed by atoms with E-state index in [2.05, 4.69) is 25.8 Å². The Morgan fingerprint density at radius 3 is 2.90 bits per heavy atom. The summed E-state index contributed by atoms with van der Waals surface area (Å²) in [6.45, 7) is 2.40. The van der Waals surface area contributed by atoms with Crippen molar-refractivity contribution in [2.75, 3.05) is 18.5 Å². The van der Waals surface area contributed by atoms with E-state index >= 15 is 0 Å². The average Bonchev–Trinajstić information content (AvgIpc) is 2.89. The van der Waals surface area contributed by atoms with Crippen LogP contribution in [0.25, 0.3) is 0 Å². The van der Waals surface area contributed by atoms with Crippen molar-refractivity contribution in [1.82, 2.24) is 4.98 Å². The van der Waals surface area contributed by atoms with Gasteiger partial charge in [0.25, 0.3) is 5.69 Å². The Kier molecular flexibility index (Phi) is 4.59. The SMILES string of the molecule is Cc1c([N+](=O)[O-])cnc(N(C)C2CCCC2CN)c1Br. The highest BCUT2D eigenvalue weighted by Crippen LogP contribution is 2.37. The van der Waals surface area contributed by atoms with E-state index < -0.39 is 4.92 Å². The summed E-state index contributed by atoms with van der Waals surface area (Å²) in [6, 6.07) is 0.352. The standard InChI is InChI=1S/C13H19BrN4O2/c1-8-11(18(19)20)7-16-13(12(8)14)17(2)10-5-3-4-9(10)6-15/h7,9-10H,3-6,15H2,1-2H3. The summed E-state index contributed by atoms with van der Waals surface area (Å²) in [4.78, 5) is 16.9. The van der Waals surface area contributed by atoms with Crippen molar-refractivity contribution in [2.24, 2.45) is 11.7 Å². The van der Waals surface area contributed by atoms with Crippen LogP contribution >= 0.6 is 15.9 Å². The molecule has 2 unspecified atom stereocenters. The molecule has 0 radical (unpaired) electrons. The smallest absolute Gasteiger partial charge is 0.291 e. The Morgan fingerprint density at radius 2 is 2.30 bits per heavy atom. The fourth-order valence-corrected chi connectivity index (χ4v) is 3.53. The zero-order valence-corrected chi connectivity index (χ0v) is 13.3. The van der Waals surface area contributed by atoms with Crippen LogP contribution in [0.4, 0.5) is 11.5 Å². The third-order valence-corrected chi connectivity index (χ3v) is 5.12. The molecule has 20 heavy (non-hydrogen) atoms. The van der Waals surface area contributed by atoms with Gasteiger partial charge < -0.3 is 10.6 Å². The molecule has 0 aromatic carbocycles. The lowest BCUT2D eigenvalue weighted by Gasteiger charge is -2.31. The third kappa shape index (κ3) is 2.64. The fourth-order valence-electron chi connectivity index (χ4n) is 2.95. The summed E-state index contributed by atoms with van der Waals surface area (Å²) in [5.74, 6) is 1.21. The van der Waals surface area contributed by atoms with Crippen LogP contribution in [0.3, 0.4) is 0 Å². The highest BCUT2D eigenvalue weighted by Gasteiger charge is 2.31. The minimum absolute atomic E-state index is 0.0378. The van der Waals surface area contributed by atoms with Crippen LogP contribution in [-0.2, 0) is 0 Å². The number of hydrogen-bond acceptors (Lipinski definition) is 5. The summed E-state index contributed by atoms with van der Waals surface area (Å²) in [7, 11) is 1.98. The second kappa shape index (κ2) is 6.05. The maximum absolute atomic E-state index is 10.9. The highest BCUT2D eigenvalue weighted by molar-refractivity contribution is 9.10. The molecule has 1 aromatic heterocycles. The van der Waals surface area contributed by atoms with Gasteiger partial charge in [-0.3, -0.25) is 10.1 Å². The lowest BCUT2D eigenvalue weighted by Crippen LogP contribution is -2.38. The van der Waals surface area contributed by atoms with Crippen LogP contribution in [0, 0.1) is 23.0 Å². The maximum Gasteiger partial charge on any atom is 0.291 e. The number of anilines is 1. The Bertz CT molecular complexity index is 523. The van der Waals surface area contributed by atoms with Gasteiger partial charge in [0.15, 0.2) is 0 Å². The van der Waals surface area contributed by atoms with E-state index in [0.29, 0.717) is 28.5 Å². The Labute approximate surface area is 126 Å². The summed E-state index contributed by atoms with van der Waals surface area (Å²) in [5, 5.41) is 10.9. The van der Waals surface area contributed by atoms with Gasteiger partial charge in [-0.05, 0) is 48.2 Å². The van der Waals surface area contributed by atoms with Gasteiger partial charge >= 0.3 is 0 Å². The van der Waals surface area contributed by atoms with Gasteiger partial charge in [0.2, 0.25) is 0 Å². The van der Waals surface area contributed by atoms with Gasteiger partial charge in [-0.25, -0.2) is 4.98 Å². The van der Waals surface area contributed by atoms with Crippen LogP contribution in [0.15, 0.2) is 10.7 Å². The van der Waals surface area contributed by atoms with E-state index in [1.54, 1.807) is 6.92 Å². The molecule has 0 aliphatic heterocycles. The Hall–Kier alpha value is -1.21. The van der Waals surface area contributed by atoms with Crippen molar-refractivity contribution in [2.45, 2.75) is 32.2 Å².